The van der Waals surface area contributed by atoms with Gasteiger partial charge in [0, 0.05) is 43.1 Å². The molecule has 0 radical (unpaired) electrons. The predicted molar refractivity (Wildman–Crippen MR) is 144 cm³/mol. The first kappa shape index (κ1) is 23.4. The highest BCUT2D eigenvalue weighted by Gasteiger charge is 2.45. The molecule has 1 aliphatic heterocycles. The molecular formula is C26H26ClN9O. The monoisotopic (exact) mass is 515 g/mol. The highest BCUT2D eigenvalue weighted by atomic mass is 35.5. The average Bonchev–Trinajstić information content (AvgIpc) is 3.46. The van der Waals surface area contributed by atoms with Crippen LogP contribution in [0.4, 0.5) is 17.3 Å². The Morgan fingerprint density at radius 1 is 1.03 bits per heavy atom. The molecule has 2 N–H and O–H groups in total. The Hall–Kier alpha value is -4.02. The van der Waals surface area contributed by atoms with E-state index in [1.807, 2.05) is 49.5 Å². The van der Waals surface area contributed by atoms with Gasteiger partial charge in [-0.15, -0.1) is 12.4 Å². The summed E-state index contributed by atoms with van der Waals surface area (Å²) >= 11 is 0. The standard InChI is InChI=1S/C26H25N9O.ClH/c1-17-12-18(2-4-21(17)36-19-6-10-35-23(13-19)28-16-31-35)32-25-24-20(27-15-29-25)3-5-22(33-24)34-11-9-30-26(14-34)7-8-26;/h2-6,10,12-13,15-16,30H,7-9,11,14H2,1H3,(H,27,29,32);1H. The molecule has 1 saturated heterocycles. The molecule has 0 amide bonds. The van der Waals surface area contributed by atoms with Gasteiger partial charge >= 0.3 is 0 Å². The molecule has 5 aromatic rings. The highest BCUT2D eigenvalue weighted by Crippen LogP contribution is 2.39. The van der Waals surface area contributed by atoms with E-state index in [0.717, 1.165) is 59.1 Å². The van der Waals surface area contributed by atoms with E-state index < -0.39 is 0 Å². The number of nitrogens with zero attached hydrogens (tertiary/aromatic N) is 7. The van der Waals surface area contributed by atoms with E-state index in [2.05, 4.69) is 41.7 Å². The Balaban J connectivity index is 0.00000252. The van der Waals surface area contributed by atoms with E-state index in [1.165, 1.54) is 19.2 Å². The van der Waals surface area contributed by atoms with Crippen LogP contribution in [0.3, 0.4) is 0 Å². The van der Waals surface area contributed by atoms with Crippen molar-refractivity contribution in [2.24, 2.45) is 0 Å². The molecule has 1 aliphatic carbocycles. The number of anilines is 3. The van der Waals surface area contributed by atoms with Crippen LogP contribution in [-0.2, 0) is 0 Å². The predicted octanol–water partition coefficient (Wildman–Crippen LogP) is 4.28. The zero-order valence-corrected chi connectivity index (χ0v) is 21.1. The van der Waals surface area contributed by atoms with Crippen molar-refractivity contribution < 1.29 is 4.74 Å². The van der Waals surface area contributed by atoms with Gasteiger partial charge in [-0.1, -0.05) is 0 Å². The fourth-order valence-electron chi connectivity index (χ4n) is 4.80. The number of halogens is 1. The third-order valence-corrected chi connectivity index (χ3v) is 6.94. The van der Waals surface area contributed by atoms with Crippen molar-refractivity contribution in [3.05, 3.63) is 66.9 Å². The smallest absolute Gasteiger partial charge is 0.160 e. The molecule has 5 heterocycles. The summed E-state index contributed by atoms with van der Waals surface area (Å²) in [6, 6.07) is 13.8. The fourth-order valence-corrected chi connectivity index (χ4v) is 4.80. The Bertz CT molecular complexity index is 1600. The highest BCUT2D eigenvalue weighted by molar-refractivity contribution is 5.88. The first-order valence-corrected chi connectivity index (χ1v) is 12.1. The molecule has 1 aromatic carbocycles. The van der Waals surface area contributed by atoms with E-state index in [0.29, 0.717) is 11.6 Å². The van der Waals surface area contributed by atoms with Gasteiger partial charge in [0.25, 0.3) is 0 Å². The van der Waals surface area contributed by atoms with Crippen LogP contribution in [-0.4, -0.2) is 54.7 Å². The molecule has 2 fully saturated rings. The summed E-state index contributed by atoms with van der Waals surface area (Å²) in [5, 5.41) is 11.2. The van der Waals surface area contributed by atoms with E-state index in [9.17, 15) is 0 Å². The van der Waals surface area contributed by atoms with Crippen molar-refractivity contribution in [2.75, 3.05) is 29.9 Å². The SMILES string of the molecule is Cc1cc(Nc2ncnc3ccc(N4CCNC5(CC5)C4)nc23)ccc1Oc1ccn2ncnc2c1.Cl. The molecule has 4 aromatic heterocycles. The number of aryl methyl sites for hydroxylation is 1. The summed E-state index contributed by atoms with van der Waals surface area (Å²) in [4.78, 5) is 20.5. The van der Waals surface area contributed by atoms with Crippen LogP contribution >= 0.6 is 12.4 Å². The molecule has 7 rings (SSSR count). The number of nitrogens with one attached hydrogen (secondary N) is 2. The summed E-state index contributed by atoms with van der Waals surface area (Å²) in [7, 11) is 0. The van der Waals surface area contributed by atoms with Crippen molar-refractivity contribution in [3.8, 4) is 11.5 Å². The molecular weight excluding hydrogens is 490 g/mol. The zero-order valence-electron chi connectivity index (χ0n) is 20.3. The van der Waals surface area contributed by atoms with Crippen LogP contribution in [0.15, 0.2) is 61.3 Å². The van der Waals surface area contributed by atoms with Gasteiger partial charge in [0.2, 0.25) is 0 Å². The molecule has 0 unspecified atom stereocenters. The molecule has 188 valence electrons. The van der Waals surface area contributed by atoms with Gasteiger partial charge in [-0.3, -0.25) is 0 Å². The van der Waals surface area contributed by atoms with E-state index in [4.69, 9.17) is 9.72 Å². The molecule has 1 saturated carbocycles. The minimum atomic E-state index is 0. The first-order chi connectivity index (χ1) is 17.6. The maximum Gasteiger partial charge on any atom is 0.160 e. The summed E-state index contributed by atoms with van der Waals surface area (Å²) in [5.41, 5.74) is 4.49. The molecule has 0 atom stereocenters. The molecule has 11 heteroatoms. The maximum absolute atomic E-state index is 6.11. The van der Waals surface area contributed by atoms with Crippen molar-refractivity contribution in [1.82, 2.24) is 34.9 Å². The molecule has 0 bridgehead atoms. The fraction of sp³-hybridized carbons (Fsp3) is 0.269. The van der Waals surface area contributed by atoms with E-state index >= 15 is 0 Å². The molecule has 1 spiro atoms. The number of aromatic nitrogens is 6. The zero-order chi connectivity index (χ0) is 24.1. The Labute approximate surface area is 219 Å². The summed E-state index contributed by atoms with van der Waals surface area (Å²) in [6.07, 6.45) is 7.39. The van der Waals surface area contributed by atoms with Crippen LogP contribution < -0.4 is 20.3 Å². The normalized spacial score (nSPS) is 16.1. The van der Waals surface area contributed by atoms with Crippen molar-refractivity contribution in [3.63, 3.8) is 0 Å². The summed E-state index contributed by atoms with van der Waals surface area (Å²) in [5.74, 6) is 3.13. The van der Waals surface area contributed by atoms with Gasteiger partial charge in [0.1, 0.15) is 35.5 Å². The second-order valence-corrected chi connectivity index (χ2v) is 9.52. The minimum absolute atomic E-state index is 0. The number of pyridine rings is 2. The van der Waals surface area contributed by atoms with Crippen LogP contribution in [0.5, 0.6) is 11.5 Å². The van der Waals surface area contributed by atoms with Crippen LogP contribution in [0.25, 0.3) is 16.7 Å². The van der Waals surface area contributed by atoms with E-state index in [-0.39, 0.29) is 17.9 Å². The lowest BCUT2D eigenvalue weighted by Gasteiger charge is -2.34. The van der Waals surface area contributed by atoms with Crippen molar-refractivity contribution in [1.29, 1.82) is 0 Å². The molecule has 2 aliphatic rings. The number of fused-ring (bicyclic) bond motifs is 2. The maximum atomic E-state index is 6.11. The topological polar surface area (TPSA) is 105 Å². The first-order valence-electron chi connectivity index (χ1n) is 12.1. The van der Waals surface area contributed by atoms with Gasteiger partial charge in [0.15, 0.2) is 11.5 Å². The lowest BCUT2D eigenvalue weighted by atomic mass is 10.2. The van der Waals surface area contributed by atoms with Gasteiger partial charge in [-0.05, 0) is 61.7 Å². The molecule has 37 heavy (non-hydrogen) atoms. The van der Waals surface area contributed by atoms with Crippen molar-refractivity contribution >= 4 is 46.4 Å². The lowest BCUT2D eigenvalue weighted by Crippen LogP contribution is -2.52. The number of hydrogen-bond acceptors (Lipinski definition) is 9. The molecule has 10 nitrogen and oxygen atoms in total. The number of benzene rings is 1. The van der Waals surface area contributed by atoms with Gasteiger partial charge in [-0.25, -0.2) is 24.5 Å². The van der Waals surface area contributed by atoms with Gasteiger partial charge in [-0.2, -0.15) is 5.10 Å². The van der Waals surface area contributed by atoms with E-state index in [1.54, 1.807) is 10.8 Å². The number of rotatable bonds is 5. The Morgan fingerprint density at radius 3 is 2.81 bits per heavy atom. The largest absolute Gasteiger partial charge is 0.457 e. The number of ether oxygens (including phenoxy) is 1. The summed E-state index contributed by atoms with van der Waals surface area (Å²) in [6.45, 7) is 4.94. The second-order valence-electron chi connectivity index (χ2n) is 9.52. The third-order valence-electron chi connectivity index (χ3n) is 6.94. The van der Waals surface area contributed by atoms with Gasteiger partial charge in [0.05, 0.1) is 5.52 Å². The lowest BCUT2D eigenvalue weighted by molar-refractivity contribution is 0.440. The van der Waals surface area contributed by atoms with Crippen LogP contribution in [0.2, 0.25) is 0 Å². The van der Waals surface area contributed by atoms with Crippen LogP contribution in [0.1, 0.15) is 18.4 Å². The van der Waals surface area contributed by atoms with Crippen molar-refractivity contribution in [2.45, 2.75) is 25.3 Å². The number of piperazine rings is 1. The van der Waals surface area contributed by atoms with Crippen LogP contribution in [0, 0.1) is 6.92 Å². The van der Waals surface area contributed by atoms with Gasteiger partial charge < -0.3 is 20.3 Å². The minimum Gasteiger partial charge on any atom is -0.457 e. The Morgan fingerprint density at radius 2 is 1.95 bits per heavy atom. The third kappa shape index (κ3) is 4.49. The second kappa shape index (κ2) is 9.13. The number of hydrogen-bond donors (Lipinski definition) is 2. The average molecular weight is 516 g/mol. The summed E-state index contributed by atoms with van der Waals surface area (Å²) < 4.78 is 7.81. The quantitative estimate of drug-likeness (QED) is 0.355. The Kier molecular flexibility index (Phi) is 5.77.